The van der Waals surface area contributed by atoms with Crippen molar-refractivity contribution in [2.45, 2.75) is 34.7 Å². The average molecular weight is 580 g/mol. The molecule has 0 radical (unpaired) electrons. The summed E-state index contributed by atoms with van der Waals surface area (Å²) in [5.74, 6) is -4.36. The first-order valence-electron chi connectivity index (χ1n) is 11.6. The lowest BCUT2D eigenvalue weighted by Gasteiger charge is -2.43. The molecule has 1 saturated heterocycles. The van der Waals surface area contributed by atoms with Crippen molar-refractivity contribution >= 4 is 23.4 Å². The van der Waals surface area contributed by atoms with Crippen molar-refractivity contribution in [2.24, 2.45) is 0 Å². The van der Waals surface area contributed by atoms with Gasteiger partial charge < -0.3 is 19.7 Å². The zero-order valence-corrected chi connectivity index (χ0v) is 21.7. The lowest BCUT2D eigenvalue weighted by molar-refractivity contribution is -0.186. The predicted molar refractivity (Wildman–Crippen MR) is 135 cm³/mol. The molecular formula is C25H21ClF3N5O4S. The lowest BCUT2D eigenvalue weighted by Crippen LogP contribution is -2.55. The van der Waals surface area contributed by atoms with Crippen molar-refractivity contribution in [3.05, 3.63) is 77.6 Å². The van der Waals surface area contributed by atoms with E-state index in [0.717, 1.165) is 17.7 Å². The highest BCUT2D eigenvalue weighted by molar-refractivity contribution is 8.00. The van der Waals surface area contributed by atoms with Crippen LogP contribution < -0.4 is 0 Å². The number of pyridine rings is 2. The number of nitrogens with zero attached hydrogens (tertiary/aromatic N) is 5. The number of halogens is 4. The Morgan fingerprint density at radius 2 is 1.92 bits per heavy atom. The molecule has 3 aromatic heterocycles. The standard InChI is InChI=1S/C25H21ClF3N5O4S/c1-37-24-22(34-10-17(32-33-34)13-5-15(27)20(29)16(28)6-13)23(36)18(11-35)38-25(24)39-19-7-14(26)9-31-21(19)12-3-2-4-30-8-12/h2-10,18,22-25,35-36H,11H2,1H3/t18-,22+,23+,24-,25-/m1/s1. The molecule has 204 valence electrons. The van der Waals surface area contributed by atoms with Crippen molar-refractivity contribution in [1.82, 2.24) is 25.0 Å². The van der Waals surface area contributed by atoms with Crippen LogP contribution in [0.3, 0.4) is 0 Å². The number of benzene rings is 1. The van der Waals surface area contributed by atoms with Gasteiger partial charge in [0.1, 0.15) is 35.5 Å². The van der Waals surface area contributed by atoms with Crippen LogP contribution in [0.5, 0.6) is 0 Å². The number of ether oxygens (including phenoxy) is 2. The topological polar surface area (TPSA) is 115 Å². The molecule has 0 aliphatic carbocycles. The largest absolute Gasteiger partial charge is 0.394 e. The fourth-order valence-electron chi connectivity index (χ4n) is 4.32. The second-order valence-electron chi connectivity index (χ2n) is 8.60. The van der Waals surface area contributed by atoms with Gasteiger partial charge in [0.15, 0.2) is 17.5 Å². The number of hydrogen-bond acceptors (Lipinski definition) is 9. The summed E-state index contributed by atoms with van der Waals surface area (Å²) in [6, 6.07) is 5.96. The van der Waals surface area contributed by atoms with Crippen molar-refractivity contribution < 1.29 is 32.9 Å². The number of rotatable bonds is 7. The van der Waals surface area contributed by atoms with Gasteiger partial charge in [0.2, 0.25) is 0 Å². The summed E-state index contributed by atoms with van der Waals surface area (Å²) in [5.41, 5.74) is 0.497. The van der Waals surface area contributed by atoms with Crippen LogP contribution in [0.4, 0.5) is 13.2 Å². The van der Waals surface area contributed by atoms with Gasteiger partial charge in [-0.3, -0.25) is 9.97 Å². The summed E-state index contributed by atoms with van der Waals surface area (Å²) in [5, 5.41) is 29.4. The van der Waals surface area contributed by atoms with E-state index in [1.165, 1.54) is 35.9 Å². The van der Waals surface area contributed by atoms with E-state index in [2.05, 4.69) is 20.3 Å². The average Bonchev–Trinajstić information content (AvgIpc) is 3.42. The normalized spacial score (nSPS) is 23.2. The summed E-state index contributed by atoms with van der Waals surface area (Å²) in [6.07, 6.45) is 2.93. The van der Waals surface area contributed by atoms with Gasteiger partial charge in [-0.25, -0.2) is 17.9 Å². The molecule has 4 heterocycles. The second-order valence-corrected chi connectivity index (χ2v) is 10.2. The van der Waals surface area contributed by atoms with Gasteiger partial charge in [-0.2, -0.15) is 0 Å². The van der Waals surface area contributed by atoms with E-state index in [0.29, 0.717) is 15.6 Å². The minimum Gasteiger partial charge on any atom is -0.394 e. The second kappa shape index (κ2) is 11.6. The van der Waals surface area contributed by atoms with E-state index in [4.69, 9.17) is 21.1 Å². The van der Waals surface area contributed by atoms with Crippen LogP contribution >= 0.6 is 23.4 Å². The van der Waals surface area contributed by atoms with E-state index < -0.39 is 53.8 Å². The van der Waals surface area contributed by atoms with Crippen molar-refractivity contribution in [3.8, 4) is 22.5 Å². The van der Waals surface area contributed by atoms with E-state index in [1.54, 1.807) is 24.5 Å². The van der Waals surface area contributed by atoms with Crippen LogP contribution in [-0.2, 0) is 9.47 Å². The van der Waals surface area contributed by atoms with Gasteiger partial charge >= 0.3 is 0 Å². The maximum absolute atomic E-state index is 13.8. The number of aromatic nitrogens is 5. The fraction of sp³-hybridized carbons (Fsp3) is 0.280. The summed E-state index contributed by atoms with van der Waals surface area (Å²) < 4.78 is 54.1. The zero-order valence-electron chi connectivity index (χ0n) is 20.2. The molecule has 1 aromatic carbocycles. The summed E-state index contributed by atoms with van der Waals surface area (Å²) in [7, 11) is 1.42. The molecule has 5 rings (SSSR count). The Morgan fingerprint density at radius 1 is 1.15 bits per heavy atom. The van der Waals surface area contributed by atoms with E-state index in [-0.39, 0.29) is 11.3 Å². The lowest BCUT2D eigenvalue weighted by atomic mass is 9.97. The Labute approximate surface area is 229 Å². The molecule has 1 fully saturated rings. The highest BCUT2D eigenvalue weighted by Crippen LogP contribution is 2.42. The molecule has 5 atom stereocenters. The Hall–Kier alpha value is -3.07. The van der Waals surface area contributed by atoms with Crippen LogP contribution in [0.25, 0.3) is 22.5 Å². The van der Waals surface area contributed by atoms with Crippen LogP contribution in [0, 0.1) is 17.5 Å². The fourth-order valence-corrected chi connectivity index (χ4v) is 5.88. The SMILES string of the molecule is CO[C@@H]1[C@@H](n2cc(-c3cc(F)c(F)c(F)c3)nn2)[C@@H](O)[C@@H](CO)O[C@@H]1Sc1cc(Cl)cnc1-c1cccnc1. The monoisotopic (exact) mass is 579 g/mol. The first kappa shape index (κ1) is 27.5. The first-order chi connectivity index (χ1) is 18.8. The predicted octanol–water partition coefficient (Wildman–Crippen LogP) is 3.90. The molecule has 1 aliphatic rings. The van der Waals surface area contributed by atoms with Crippen LogP contribution in [-0.4, -0.2) is 72.6 Å². The molecular weight excluding hydrogens is 559 g/mol. The Kier molecular flexibility index (Phi) is 8.16. The molecule has 0 spiro atoms. The molecule has 9 nitrogen and oxygen atoms in total. The molecule has 14 heteroatoms. The third kappa shape index (κ3) is 5.51. The molecule has 0 bridgehead atoms. The Bertz CT molecular complexity index is 1440. The third-order valence-electron chi connectivity index (χ3n) is 6.19. The van der Waals surface area contributed by atoms with Gasteiger partial charge in [-0.05, 0) is 30.3 Å². The summed E-state index contributed by atoms with van der Waals surface area (Å²) in [4.78, 5) is 9.22. The summed E-state index contributed by atoms with van der Waals surface area (Å²) >= 11 is 7.46. The highest BCUT2D eigenvalue weighted by atomic mass is 35.5. The molecule has 0 unspecified atom stereocenters. The van der Waals surface area contributed by atoms with E-state index >= 15 is 0 Å². The Morgan fingerprint density at radius 3 is 2.59 bits per heavy atom. The smallest absolute Gasteiger partial charge is 0.194 e. The number of methoxy groups -OCH3 is 1. The quantitative estimate of drug-likeness (QED) is 0.315. The van der Waals surface area contributed by atoms with Crippen molar-refractivity contribution in [1.29, 1.82) is 0 Å². The van der Waals surface area contributed by atoms with Gasteiger partial charge in [0, 0.05) is 41.7 Å². The molecule has 39 heavy (non-hydrogen) atoms. The van der Waals surface area contributed by atoms with Crippen LogP contribution in [0.15, 0.2) is 60.0 Å². The van der Waals surface area contributed by atoms with Gasteiger partial charge in [0.25, 0.3) is 0 Å². The molecule has 0 amide bonds. The van der Waals surface area contributed by atoms with Gasteiger partial charge in [0.05, 0.1) is 23.5 Å². The maximum atomic E-state index is 13.8. The van der Waals surface area contributed by atoms with Crippen molar-refractivity contribution in [3.63, 3.8) is 0 Å². The Balaban J connectivity index is 1.50. The number of hydrogen-bond donors (Lipinski definition) is 2. The maximum Gasteiger partial charge on any atom is 0.194 e. The van der Waals surface area contributed by atoms with Gasteiger partial charge in [-0.1, -0.05) is 28.6 Å². The molecule has 4 aromatic rings. The minimum atomic E-state index is -1.60. The number of aliphatic hydroxyl groups excluding tert-OH is 2. The minimum absolute atomic E-state index is 0.0315. The number of thioether (sulfide) groups is 1. The van der Waals surface area contributed by atoms with Crippen molar-refractivity contribution in [2.75, 3.05) is 13.7 Å². The van der Waals surface area contributed by atoms with Gasteiger partial charge in [-0.15, -0.1) is 5.10 Å². The van der Waals surface area contributed by atoms with E-state index in [9.17, 15) is 23.4 Å². The summed E-state index contributed by atoms with van der Waals surface area (Å²) in [6.45, 7) is -0.523. The highest BCUT2D eigenvalue weighted by Gasteiger charge is 2.47. The third-order valence-corrected chi connectivity index (χ3v) is 7.57. The van der Waals surface area contributed by atoms with Crippen LogP contribution in [0.1, 0.15) is 6.04 Å². The van der Waals surface area contributed by atoms with E-state index in [1.807, 2.05) is 6.07 Å². The molecule has 0 saturated carbocycles. The van der Waals surface area contributed by atoms with Crippen LogP contribution in [0.2, 0.25) is 5.02 Å². The number of aliphatic hydroxyl groups is 2. The first-order valence-corrected chi connectivity index (χ1v) is 12.8. The molecule has 1 aliphatic heterocycles. The zero-order chi connectivity index (χ0) is 27.7. The molecule has 2 N–H and O–H groups in total.